The van der Waals surface area contributed by atoms with Gasteiger partial charge < -0.3 is 16.1 Å². The molecule has 0 saturated carbocycles. The van der Waals surface area contributed by atoms with E-state index in [-0.39, 0.29) is 11.4 Å². The van der Waals surface area contributed by atoms with Crippen LogP contribution in [0, 0.1) is 10.1 Å². The third-order valence-corrected chi connectivity index (χ3v) is 4.09. The molecule has 0 spiro atoms. The highest BCUT2D eigenvalue weighted by Crippen LogP contribution is 2.34. The molecular weight excluding hydrogens is 290 g/mol. The Kier molecular flexibility index (Phi) is 4.92. The van der Waals surface area contributed by atoms with Gasteiger partial charge in [-0.1, -0.05) is 6.08 Å². The van der Waals surface area contributed by atoms with E-state index in [9.17, 15) is 10.1 Å². The Bertz CT molecular complexity index is 564. The quantitative estimate of drug-likeness (QED) is 0.359. The number of hydrogen-bond donors (Lipinski definition) is 2. The molecule has 0 unspecified atom stereocenters. The number of thioether (sulfide) groups is 1. The van der Waals surface area contributed by atoms with Crippen LogP contribution in [0.1, 0.15) is 0 Å². The van der Waals surface area contributed by atoms with E-state index in [1.807, 2.05) is 24.5 Å². The average molecular weight is 309 g/mol. The monoisotopic (exact) mass is 309 g/mol. The van der Waals surface area contributed by atoms with Crippen molar-refractivity contribution in [3.63, 3.8) is 0 Å². The number of nitro benzene ring substituents is 1. The molecule has 8 heteroatoms. The first kappa shape index (κ1) is 15.5. The van der Waals surface area contributed by atoms with Gasteiger partial charge in [0.2, 0.25) is 0 Å². The van der Waals surface area contributed by atoms with Crippen molar-refractivity contribution < 1.29 is 4.92 Å². The van der Waals surface area contributed by atoms with Gasteiger partial charge >= 0.3 is 0 Å². The Morgan fingerprint density at radius 3 is 2.86 bits per heavy atom. The SMILES string of the molecule is CSc1cc(N)c([N+](=O)[O-])cc1NCCN1CC=CN1C. The number of anilines is 2. The maximum Gasteiger partial charge on any atom is 0.294 e. The van der Waals surface area contributed by atoms with Crippen molar-refractivity contribution in [1.29, 1.82) is 0 Å². The Morgan fingerprint density at radius 2 is 2.29 bits per heavy atom. The highest BCUT2D eigenvalue weighted by molar-refractivity contribution is 7.98. The van der Waals surface area contributed by atoms with Gasteiger partial charge in [0.05, 0.1) is 10.6 Å². The summed E-state index contributed by atoms with van der Waals surface area (Å²) in [6, 6.07) is 3.15. The maximum absolute atomic E-state index is 11.0. The molecule has 1 aliphatic heterocycles. The first-order chi connectivity index (χ1) is 10.0. The van der Waals surface area contributed by atoms with Gasteiger partial charge in [-0.2, -0.15) is 0 Å². The summed E-state index contributed by atoms with van der Waals surface area (Å²) in [6.45, 7) is 2.39. The molecule has 0 bridgehead atoms. The van der Waals surface area contributed by atoms with Crippen molar-refractivity contribution in [2.24, 2.45) is 0 Å². The van der Waals surface area contributed by atoms with Crippen molar-refractivity contribution in [3.05, 3.63) is 34.5 Å². The van der Waals surface area contributed by atoms with E-state index in [4.69, 9.17) is 5.73 Å². The predicted octanol–water partition coefficient (Wildman–Crippen LogP) is 1.99. The second kappa shape index (κ2) is 6.68. The third-order valence-electron chi connectivity index (χ3n) is 3.31. The zero-order valence-corrected chi connectivity index (χ0v) is 12.9. The van der Waals surface area contributed by atoms with Crippen molar-refractivity contribution in [2.75, 3.05) is 44.0 Å². The maximum atomic E-state index is 11.0. The highest BCUT2D eigenvalue weighted by atomic mass is 32.2. The van der Waals surface area contributed by atoms with Gasteiger partial charge in [-0.25, -0.2) is 5.01 Å². The minimum Gasteiger partial charge on any atom is -0.393 e. The van der Waals surface area contributed by atoms with Crippen molar-refractivity contribution in [1.82, 2.24) is 10.0 Å². The van der Waals surface area contributed by atoms with Gasteiger partial charge in [0.25, 0.3) is 5.69 Å². The molecule has 0 amide bonds. The van der Waals surface area contributed by atoms with Gasteiger partial charge in [-0.05, 0) is 12.3 Å². The number of rotatable bonds is 6. The number of hydrazine groups is 1. The molecular formula is C13H19N5O2S. The van der Waals surface area contributed by atoms with E-state index in [0.29, 0.717) is 6.54 Å². The van der Waals surface area contributed by atoms with Crippen molar-refractivity contribution in [3.8, 4) is 0 Å². The minimum atomic E-state index is -0.456. The Morgan fingerprint density at radius 1 is 1.52 bits per heavy atom. The molecule has 1 aromatic rings. The molecule has 0 aliphatic carbocycles. The fraction of sp³-hybridized carbons (Fsp3) is 0.385. The molecule has 0 aromatic heterocycles. The average Bonchev–Trinajstić information content (AvgIpc) is 2.85. The second-order valence-electron chi connectivity index (χ2n) is 4.67. The fourth-order valence-corrected chi connectivity index (χ4v) is 2.76. The first-order valence-corrected chi connectivity index (χ1v) is 7.75. The molecule has 0 atom stereocenters. The highest BCUT2D eigenvalue weighted by Gasteiger charge is 2.16. The Hall–Kier alpha value is -1.93. The molecule has 7 nitrogen and oxygen atoms in total. The van der Waals surface area contributed by atoms with Crippen LogP contribution in [0.5, 0.6) is 0 Å². The second-order valence-corrected chi connectivity index (χ2v) is 5.51. The normalized spacial score (nSPS) is 14.7. The van der Waals surface area contributed by atoms with Crippen LogP contribution >= 0.6 is 11.8 Å². The number of nitro groups is 1. The van der Waals surface area contributed by atoms with Crippen molar-refractivity contribution >= 4 is 28.8 Å². The molecule has 2 rings (SSSR count). The summed E-state index contributed by atoms with van der Waals surface area (Å²) in [4.78, 5) is 11.4. The lowest BCUT2D eigenvalue weighted by Gasteiger charge is -2.25. The molecule has 21 heavy (non-hydrogen) atoms. The largest absolute Gasteiger partial charge is 0.393 e. The lowest BCUT2D eigenvalue weighted by atomic mass is 10.2. The summed E-state index contributed by atoms with van der Waals surface area (Å²) in [5, 5.41) is 18.4. The molecule has 0 radical (unpaired) electrons. The Balaban J connectivity index is 2.04. The zero-order chi connectivity index (χ0) is 15.4. The molecule has 114 valence electrons. The third kappa shape index (κ3) is 3.59. The predicted molar refractivity (Wildman–Crippen MR) is 86.3 cm³/mol. The van der Waals surface area contributed by atoms with E-state index >= 15 is 0 Å². The number of benzene rings is 1. The van der Waals surface area contributed by atoms with Crippen LogP contribution in [0.15, 0.2) is 29.3 Å². The van der Waals surface area contributed by atoms with Gasteiger partial charge in [-0.15, -0.1) is 11.8 Å². The van der Waals surface area contributed by atoms with E-state index in [1.54, 1.807) is 6.07 Å². The molecule has 0 saturated heterocycles. The van der Waals surface area contributed by atoms with Gasteiger partial charge in [0.1, 0.15) is 5.69 Å². The molecule has 1 aromatic carbocycles. The van der Waals surface area contributed by atoms with Gasteiger partial charge in [0.15, 0.2) is 0 Å². The van der Waals surface area contributed by atoms with E-state index in [1.165, 1.54) is 17.8 Å². The number of nitrogens with two attached hydrogens (primary N) is 1. The standard InChI is InChI=1S/C13H19N5O2S/c1-16-5-3-6-17(16)7-4-15-11-9-12(18(19)20)10(14)8-13(11)21-2/h3,5,8-9,15H,4,6-7,14H2,1-2H3. The number of nitrogens with one attached hydrogen (secondary N) is 1. The van der Waals surface area contributed by atoms with E-state index in [0.717, 1.165) is 23.7 Å². The number of nitrogen functional groups attached to an aromatic ring is 1. The Labute approximate surface area is 127 Å². The van der Waals surface area contributed by atoms with Crippen molar-refractivity contribution in [2.45, 2.75) is 4.90 Å². The molecule has 1 heterocycles. The smallest absolute Gasteiger partial charge is 0.294 e. The van der Waals surface area contributed by atoms with E-state index in [2.05, 4.69) is 16.4 Å². The number of nitrogens with zero attached hydrogens (tertiary/aromatic N) is 3. The van der Waals surface area contributed by atoms with E-state index < -0.39 is 4.92 Å². The van der Waals surface area contributed by atoms with Gasteiger partial charge in [-0.3, -0.25) is 10.1 Å². The summed E-state index contributed by atoms with van der Waals surface area (Å²) < 4.78 is 0. The fourth-order valence-electron chi connectivity index (χ4n) is 2.16. The summed E-state index contributed by atoms with van der Waals surface area (Å²) >= 11 is 1.51. The molecule has 1 aliphatic rings. The molecule has 0 fully saturated rings. The minimum absolute atomic E-state index is 0.0599. The first-order valence-electron chi connectivity index (χ1n) is 6.53. The van der Waals surface area contributed by atoms with Crippen LogP contribution in [0.2, 0.25) is 0 Å². The topological polar surface area (TPSA) is 87.7 Å². The van der Waals surface area contributed by atoms with Crippen LogP contribution < -0.4 is 11.1 Å². The van der Waals surface area contributed by atoms with Crippen LogP contribution in [0.3, 0.4) is 0 Å². The van der Waals surface area contributed by atoms with Crippen LogP contribution in [0.25, 0.3) is 0 Å². The lowest BCUT2D eigenvalue weighted by Crippen LogP contribution is -2.35. The van der Waals surface area contributed by atoms with Gasteiger partial charge in [0, 0.05) is 43.8 Å². The summed E-state index contributed by atoms with van der Waals surface area (Å²) in [5.74, 6) is 0. The van der Waals surface area contributed by atoms with Crippen LogP contribution in [-0.4, -0.2) is 47.9 Å². The molecule has 3 N–H and O–H groups in total. The summed E-state index contributed by atoms with van der Waals surface area (Å²) in [5.41, 5.74) is 6.59. The summed E-state index contributed by atoms with van der Waals surface area (Å²) in [6.07, 6.45) is 6.02. The number of hydrogen-bond acceptors (Lipinski definition) is 7. The zero-order valence-electron chi connectivity index (χ0n) is 12.1. The summed E-state index contributed by atoms with van der Waals surface area (Å²) in [7, 11) is 1.99. The van der Waals surface area contributed by atoms with Crippen LogP contribution in [-0.2, 0) is 0 Å². The van der Waals surface area contributed by atoms with Crippen LogP contribution in [0.4, 0.5) is 17.1 Å². The lowest BCUT2D eigenvalue weighted by molar-refractivity contribution is -0.383.